The summed E-state index contributed by atoms with van der Waals surface area (Å²) in [7, 11) is 0. The van der Waals surface area contributed by atoms with Crippen LogP contribution in [0.25, 0.3) is 0 Å². The molecule has 0 bridgehead atoms. The van der Waals surface area contributed by atoms with E-state index in [1.54, 1.807) is 0 Å². The minimum atomic E-state index is -0.682. The average Bonchev–Trinajstić information content (AvgIpc) is 2.36. The van der Waals surface area contributed by atoms with E-state index in [1.165, 1.54) is 6.07 Å². The second-order valence-electron chi connectivity index (χ2n) is 5.74. The van der Waals surface area contributed by atoms with Crippen molar-refractivity contribution in [2.24, 2.45) is 17.6 Å². The number of anilines is 1. The van der Waals surface area contributed by atoms with Crippen LogP contribution >= 0.6 is 0 Å². The first-order valence-corrected chi connectivity index (χ1v) is 6.94. The number of carbonyl (C=O) groups excluding carboxylic acids is 1. The molecule has 2 rings (SSSR count). The van der Waals surface area contributed by atoms with Crippen LogP contribution in [-0.4, -0.2) is 12.0 Å². The van der Waals surface area contributed by atoms with Gasteiger partial charge < -0.3 is 16.2 Å². The van der Waals surface area contributed by atoms with E-state index in [4.69, 9.17) is 16.2 Å². The predicted octanol–water partition coefficient (Wildman–Crippen LogP) is 2.71. The summed E-state index contributed by atoms with van der Waals surface area (Å²) in [4.78, 5) is 11.2. The maximum absolute atomic E-state index is 13.9. The van der Waals surface area contributed by atoms with Crippen molar-refractivity contribution in [2.45, 2.75) is 39.2 Å². The molecular weight excluding hydrogens is 259 g/mol. The van der Waals surface area contributed by atoms with E-state index in [1.807, 2.05) is 0 Å². The molecule has 3 unspecified atom stereocenters. The highest BCUT2D eigenvalue weighted by atomic mass is 19.1. The molecule has 5 heteroatoms. The number of nitrogens with two attached hydrogens (primary N) is 2. The fourth-order valence-electron chi connectivity index (χ4n) is 2.66. The first kappa shape index (κ1) is 14.6. The van der Waals surface area contributed by atoms with E-state index in [0.717, 1.165) is 25.3 Å². The fourth-order valence-corrected chi connectivity index (χ4v) is 2.66. The van der Waals surface area contributed by atoms with Crippen molar-refractivity contribution in [3.8, 4) is 5.75 Å². The van der Waals surface area contributed by atoms with Crippen LogP contribution in [0.2, 0.25) is 0 Å². The van der Waals surface area contributed by atoms with Crippen molar-refractivity contribution < 1.29 is 13.9 Å². The Morgan fingerprint density at radius 2 is 2.00 bits per heavy atom. The lowest BCUT2D eigenvalue weighted by Gasteiger charge is -2.32. The number of halogens is 1. The number of ether oxygens (including phenoxy) is 1. The average molecular weight is 280 g/mol. The summed E-state index contributed by atoms with van der Waals surface area (Å²) < 4.78 is 19.6. The number of nitrogen functional groups attached to an aromatic ring is 1. The molecule has 1 saturated carbocycles. The molecule has 1 aromatic rings. The lowest BCUT2D eigenvalue weighted by atomic mass is 9.80. The van der Waals surface area contributed by atoms with Crippen molar-refractivity contribution in [3.63, 3.8) is 0 Å². The number of primary amides is 1. The molecule has 20 heavy (non-hydrogen) atoms. The first-order chi connectivity index (χ1) is 9.38. The molecule has 1 aliphatic carbocycles. The SMILES string of the molecule is CC1CCC(Oc2cc(C(N)=O)c(N)cc2F)CC1C. The number of benzene rings is 1. The van der Waals surface area contributed by atoms with Gasteiger partial charge in [0.05, 0.1) is 11.7 Å². The number of hydrogen-bond donors (Lipinski definition) is 2. The van der Waals surface area contributed by atoms with Gasteiger partial charge >= 0.3 is 0 Å². The molecule has 0 aliphatic heterocycles. The van der Waals surface area contributed by atoms with E-state index >= 15 is 0 Å². The Labute approximate surface area is 118 Å². The van der Waals surface area contributed by atoms with Crippen LogP contribution in [0.15, 0.2) is 12.1 Å². The summed E-state index contributed by atoms with van der Waals surface area (Å²) in [5.41, 5.74) is 10.9. The zero-order valence-electron chi connectivity index (χ0n) is 11.9. The molecule has 0 heterocycles. The molecule has 1 fully saturated rings. The van der Waals surface area contributed by atoms with Crippen LogP contribution in [0.1, 0.15) is 43.5 Å². The third kappa shape index (κ3) is 3.03. The molecule has 1 aliphatic rings. The van der Waals surface area contributed by atoms with Crippen LogP contribution in [0.5, 0.6) is 5.75 Å². The number of rotatable bonds is 3. The van der Waals surface area contributed by atoms with E-state index < -0.39 is 11.7 Å². The summed E-state index contributed by atoms with van der Waals surface area (Å²) in [6.45, 7) is 4.39. The van der Waals surface area contributed by atoms with E-state index in [2.05, 4.69) is 13.8 Å². The van der Waals surface area contributed by atoms with E-state index in [9.17, 15) is 9.18 Å². The largest absolute Gasteiger partial charge is 0.487 e. The molecular formula is C15H21FN2O2. The van der Waals surface area contributed by atoms with Crippen molar-refractivity contribution in [1.29, 1.82) is 0 Å². The minimum Gasteiger partial charge on any atom is -0.487 e. The monoisotopic (exact) mass is 280 g/mol. The second kappa shape index (κ2) is 5.69. The van der Waals surface area contributed by atoms with Gasteiger partial charge in [0.2, 0.25) is 0 Å². The van der Waals surface area contributed by atoms with Gasteiger partial charge in [0, 0.05) is 11.8 Å². The van der Waals surface area contributed by atoms with Gasteiger partial charge in [-0.05, 0) is 37.2 Å². The van der Waals surface area contributed by atoms with E-state index in [-0.39, 0.29) is 23.1 Å². The highest BCUT2D eigenvalue weighted by Crippen LogP contribution is 2.33. The van der Waals surface area contributed by atoms with Gasteiger partial charge in [0.1, 0.15) is 0 Å². The summed E-state index contributed by atoms with van der Waals surface area (Å²) in [5.74, 6) is 0.0185. The maximum atomic E-state index is 13.9. The molecule has 110 valence electrons. The Hall–Kier alpha value is -1.78. The van der Waals surface area contributed by atoms with Crippen LogP contribution in [0.3, 0.4) is 0 Å². The van der Waals surface area contributed by atoms with Gasteiger partial charge in [-0.2, -0.15) is 0 Å². The second-order valence-corrected chi connectivity index (χ2v) is 5.74. The highest BCUT2D eigenvalue weighted by Gasteiger charge is 2.26. The zero-order valence-corrected chi connectivity index (χ0v) is 11.9. The first-order valence-electron chi connectivity index (χ1n) is 6.94. The molecule has 4 N–H and O–H groups in total. The zero-order chi connectivity index (χ0) is 14.9. The maximum Gasteiger partial charge on any atom is 0.250 e. The molecule has 0 aromatic heterocycles. The van der Waals surface area contributed by atoms with Gasteiger partial charge in [-0.15, -0.1) is 0 Å². The number of carbonyl (C=O) groups is 1. The molecule has 1 amide bonds. The Kier molecular flexibility index (Phi) is 4.16. The van der Waals surface area contributed by atoms with E-state index in [0.29, 0.717) is 11.8 Å². The Bertz CT molecular complexity index is 519. The predicted molar refractivity (Wildman–Crippen MR) is 75.9 cm³/mol. The van der Waals surface area contributed by atoms with Crippen LogP contribution < -0.4 is 16.2 Å². The normalized spacial score (nSPS) is 26.2. The Balaban J connectivity index is 2.17. The van der Waals surface area contributed by atoms with Gasteiger partial charge in [-0.3, -0.25) is 4.79 Å². The summed E-state index contributed by atoms with van der Waals surface area (Å²) in [6.07, 6.45) is 2.81. The van der Waals surface area contributed by atoms with Gasteiger partial charge in [0.25, 0.3) is 5.91 Å². The molecule has 4 nitrogen and oxygen atoms in total. The third-order valence-corrected chi connectivity index (χ3v) is 4.21. The smallest absolute Gasteiger partial charge is 0.250 e. The van der Waals surface area contributed by atoms with Crippen LogP contribution in [0, 0.1) is 17.7 Å². The van der Waals surface area contributed by atoms with Gasteiger partial charge in [0.15, 0.2) is 11.6 Å². The molecule has 0 spiro atoms. The fraction of sp³-hybridized carbons (Fsp3) is 0.533. The summed E-state index contributed by atoms with van der Waals surface area (Å²) in [5, 5.41) is 0. The lowest BCUT2D eigenvalue weighted by molar-refractivity contribution is 0.0954. The molecule has 0 saturated heterocycles. The quantitative estimate of drug-likeness (QED) is 0.835. The van der Waals surface area contributed by atoms with Gasteiger partial charge in [-0.25, -0.2) is 4.39 Å². The third-order valence-electron chi connectivity index (χ3n) is 4.21. The topological polar surface area (TPSA) is 78.3 Å². The minimum absolute atomic E-state index is 0.0277. The van der Waals surface area contributed by atoms with Crippen molar-refractivity contribution in [1.82, 2.24) is 0 Å². The Morgan fingerprint density at radius 3 is 2.60 bits per heavy atom. The number of hydrogen-bond acceptors (Lipinski definition) is 3. The van der Waals surface area contributed by atoms with Crippen molar-refractivity contribution >= 4 is 11.6 Å². The van der Waals surface area contributed by atoms with Crippen LogP contribution in [0.4, 0.5) is 10.1 Å². The molecule has 3 atom stereocenters. The summed E-state index contributed by atoms with van der Waals surface area (Å²) in [6, 6.07) is 2.39. The Morgan fingerprint density at radius 1 is 1.30 bits per heavy atom. The molecule has 1 aromatic carbocycles. The van der Waals surface area contributed by atoms with Crippen molar-refractivity contribution in [3.05, 3.63) is 23.5 Å². The van der Waals surface area contributed by atoms with Crippen LogP contribution in [-0.2, 0) is 0 Å². The van der Waals surface area contributed by atoms with Gasteiger partial charge in [-0.1, -0.05) is 13.8 Å². The lowest BCUT2D eigenvalue weighted by Crippen LogP contribution is -2.29. The molecule has 0 radical (unpaired) electrons. The number of amides is 1. The highest BCUT2D eigenvalue weighted by molar-refractivity contribution is 5.98. The van der Waals surface area contributed by atoms with Crippen molar-refractivity contribution in [2.75, 3.05) is 5.73 Å². The standard InChI is InChI=1S/C15H21FN2O2/c1-8-3-4-10(5-9(8)2)20-14-6-11(15(18)19)13(17)7-12(14)16/h6-10H,3-5,17H2,1-2H3,(H2,18,19). The summed E-state index contributed by atoms with van der Waals surface area (Å²) >= 11 is 0.